The van der Waals surface area contributed by atoms with Gasteiger partial charge in [-0.2, -0.15) is 0 Å². The first-order chi connectivity index (χ1) is 18.2. The molecule has 0 bridgehead atoms. The van der Waals surface area contributed by atoms with Crippen LogP contribution in [0.2, 0.25) is 0 Å². The lowest BCUT2D eigenvalue weighted by atomic mass is 10.0. The summed E-state index contributed by atoms with van der Waals surface area (Å²) in [6.45, 7) is 4.32. The number of rotatable bonds is 6. The Kier molecular flexibility index (Phi) is 6.81. The summed E-state index contributed by atoms with van der Waals surface area (Å²) < 4.78 is 44.9. The van der Waals surface area contributed by atoms with Gasteiger partial charge in [-0.25, -0.2) is 28.3 Å². The number of fused-ring (bicyclic) bond motifs is 1. The van der Waals surface area contributed by atoms with Crippen molar-refractivity contribution in [2.45, 2.75) is 26.4 Å². The predicted octanol–water partition coefficient (Wildman–Crippen LogP) is 3.87. The smallest absolute Gasteiger partial charge is 0.407 e. The van der Waals surface area contributed by atoms with Gasteiger partial charge in [0, 0.05) is 25.4 Å². The molecule has 0 aliphatic carbocycles. The maximum absolute atomic E-state index is 15.6. The molecule has 1 aliphatic heterocycles. The Balaban J connectivity index is 1.55. The third-order valence-electron chi connectivity index (χ3n) is 6.34. The Morgan fingerprint density at radius 3 is 2.71 bits per heavy atom. The number of aromatic nitrogens is 4. The van der Waals surface area contributed by atoms with E-state index in [0.29, 0.717) is 11.3 Å². The second-order valence-corrected chi connectivity index (χ2v) is 8.94. The van der Waals surface area contributed by atoms with E-state index < -0.39 is 29.8 Å². The Hall–Kier alpha value is -4.32. The molecule has 38 heavy (non-hydrogen) atoms. The molecule has 4 heterocycles. The minimum Gasteiger partial charge on any atom is -0.465 e. The van der Waals surface area contributed by atoms with Gasteiger partial charge in [-0.15, -0.1) is 0 Å². The Bertz CT molecular complexity index is 1510. The van der Waals surface area contributed by atoms with Crippen molar-refractivity contribution < 1.29 is 33.0 Å². The molecule has 3 aromatic heterocycles. The first-order valence-electron chi connectivity index (χ1n) is 12.0. The van der Waals surface area contributed by atoms with Gasteiger partial charge in [0.05, 0.1) is 48.5 Å². The van der Waals surface area contributed by atoms with E-state index >= 15 is 8.78 Å². The molecule has 1 fully saturated rings. The monoisotopic (exact) mass is 525 g/mol. The summed E-state index contributed by atoms with van der Waals surface area (Å²) in [4.78, 5) is 33.2. The molecule has 12 heteroatoms. The molecule has 0 spiro atoms. The number of esters is 1. The lowest BCUT2D eigenvalue weighted by Crippen LogP contribution is -2.45. The first kappa shape index (κ1) is 25.3. The lowest BCUT2D eigenvalue weighted by molar-refractivity contribution is -0.0214. The summed E-state index contributed by atoms with van der Waals surface area (Å²) in [5.74, 6) is -2.35. The number of carbonyl (C=O) groups excluding carboxylic acids is 1. The van der Waals surface area contributed by atoms with E-state index in [9.17, 15) is 14.7 Å². The number of ether oxygens (including phenoxy) is 2. The van der Waals surface area contributed by atoms with E-state index in [1.54, 1.807) is 23.6 Å². The zero-order valence-electron chi connectivity index (χ0n) is 20.7. The van der Waals surface area contributed by atoms with Crippen molar-refractivity contribution >= 4 is 17.7 Å². The van der Waals surface area contributed by atoms with Crippen LogP contribution < -0.4 is 0 Å². The minimum absolute atomic E-state index is 0.0117. The summed E-state index contributed by atoms with van der Waals surface area (Å²) in [6.07, 6.45) is 2.99. The van der Waals surface area contributed by atoms with Crippen molar-refractivity contribution in [3.05, 3.63) is 71.6 Å². The van der Waals surface area contributed by atoms with E-state index in [2.05, 4.69) is 9.97 Å². The summed E-state index contributed by atoms with van der Waals surface area (Å²) >= 11 is 0. The van der Waals surface area contributed by atoms with Gasteiger partial charge < -0.3 is 28.4 Å². The fourth-order valence-corrected chi connectivity index (χ4v) is 4.53. The van der Waals surface area contributed by atoms with Crippen LogP contribution in [0.1, 0.15) is 28.7 Å². The number of morpholine rings is 1. The number of carbonyl (C=O) groups is 2. The number of nitrogens with zero attached hydrogens (tertiary/aromatic N) is 5. The van der Waals surface area contributed by atoms with Crippen molar-refractivity contribution in [3.8, 4) is 16.9 Å². The Labute approximate surface area is 216 Å². The van der Waals surface area contributed by atoms with E-state index in [1.807, 2.05) is 13.0 Å². The summed E-state index contributed by atoms with van der Waals surface area (Å²) in [7, 11) is 0. The number of imidazole rings is 2. The second kappa shape index (κ2) is 10.2. The highest BCUT2D eigenvalue weighted by molar-refractivity contribution is 5.87. The van der Waals surface area contributed by atoms with Crippen LogP contribution in [0.15, 0.2) is 43.0 Å². The zero-order valence-corrected chi connectivity index (χ0v) is 20.7. The fraction of sp³-hybridized carbons (Fsp3) is 0.308. The average Bonchev–Trinajstić information content (AvgIpc) is 3.50. The van der Waals surface area contributed by atoms with Crippen LogP contribution >= 0.6 is 0 Å². The number of hydrogen-bond donors (Lipinski definition) is 1. The van der Waals surface area contributed by atoms with Gasteiger partial charge >= 0.3 is 12.1 Å². The van der Waals surface area contributed by atoms with E-state index in [0.717, 1.165) is 17.7 Å². The molecule has 5 rings (SSSR count). The molecule has 10 nitrogen and oxygen atoms in total. The van der Waals surface area contributed by atoms with E-state index in [4.69, 9.17) is 9.47 Å². The third-order valence-corrected chi connectivity index (χ3v) is 6.34. The molecule has 1 N–H and O–H groups in total. The van der Waals surface area contributed by atoms with Crippen LogP contribution in [-0.4, -0.2) is 73.4 Å². The lowest BCUT2D eigenvalue weighted by Gasteiger charge is -2.31. The van der Waals surface area contributed by atoms with Crippen LogP contribution in [0, 0.1) is 18.6 Å². The molecule has 198 valence electrons. The molecule has 1 amide bonds. The highest BCUT2D eigenvalue weighted by Gasteiger charge is 2.28. The molecule has 0 saturated carbocycles. The second-order valence-electron chi connectivity index (χ2n) is 8.94. The van der Waals surface area contributed by atoms with Gasteiger partial charge in [-0.1, -0.05) is 0 Å². The van der Waals surface area contributed by atoms with Gasteiger partial charge in [0.2, 0.25) is 0 Å². The SMILES string of the molecule is CCOC(=O)c1cn(-c2cc(F)c(-c3nc4cc(C)ccn4c3CC3CN(C(=O)O)CCO3)c(F)c2)cn1. The largest absolute Gasteiger partial charge is 0.465 e. The number of amides is 1. The van der Waals surface area contributed by atoms with Crippen LogP contribution in [0.5, 0.6) is 0 Å². The molecule has 1 unspecified atom stereocenters. The summed E-state index contributed by atoms with van der Waals surface area (Å²) in [5, 5.41) is 9.39. The molecule has 0 radical (unpaired) electrons. The number of benzene rings is 1. The highest BCUT2D eigenvalue weighted by atomic mass is 19.1. The topological polar surface area (TPSA) is 111 Å². The van der Waals surface area contributed by atoms with Crippen LogP contribution in [0.3, 0.4) is 0 Å². The minimum atomic E-state index is -1.05. The summed E-state index contributed by atoms with van der Waals surface area (Å²) in [6, 6.07) is 5.92. The molecular formula is C26H25F2N5O5. The van der Waals surface area contributed by atoms with Crippen molar-refractivity contribution in [1.82, 2.24) is 23.8 Å². The average molecular weight is 526 g/mol. The third kappa shape index (κ3) is 4.82. The molecule has 1 saturated heterocycles. The van der Waals surface area contributed by atoms with Gasteiger partial charge in [0.15, 0.2) is 5.69 Å². The van der Waals surface area contributed by atoms with Crippen LogP contribution in [0.4, 0.5) is 13.6 Å². The van der Waals surface area contributed by atoms with Crippen molar-refractivity contribution in [3.63, 3.8) is 0 Å². The van der Waals surface area contributed by atoms with Crippen LogP contribution in [0.25, 0.3) is 22.6 Å². The van der Waals surface area contributed by atoms with Crippen molar-refractivity contribution in [2.24, 2.45) is 0 Å². The number of hydrogen-bond acceptors (Lipinski definition) is 6. The van der Waals surface area contributed by atoms with E-state index in [-0.39, 0.29) is 55.4 Å². The molecular weight excluding hydrogens is 500 g/mol. The van der Waals surface area contributed by atoms with Gasteiger partial charge in [-0.3, -0.25) is 0 Å². The number of carboxylic acid groups (broad SMARTS) is 1. The Morgan fingerprint density at radius 1 is 1.24 bits per heavy atom. The quantitative estimate of drug-likeness (QED) is 0.381. The molecule has 1 atom stereocenters. The molecule has 4 aromatic rings. The van der Waals surface area contributed by atoms with Crippen molar-refractivity contribution in [2.75, 3.05) is 26.3 Å². The standard InChI is InChI=1S/C26H25F2N5O5/c1-3-37-25(34)20-13-32(14-29-20)16-9-18(27)23(19(28)10-16)24-21(33-5-4-15(2)8-22(33)30-24)11-17-12-31(26(35)36)6-7-38-17/h4-5,8-10,13-14,17H,3,6-7,11-12H2,1-2H3,(H,35,36). The Morgan fingerprint density at radius 2 is 2.00 bits per heavy atom. The fourth-order valence-electron chi connectivity index (χ4n) is 4.53. The normalized spacial score (nSPS) is 15.7. The van der Waals surface area contributed by atoms with Crippen molar-refractivity contribution in [1.29, 1.82) is 0 Å². The van der Waals surface area contributed by atoms with Crippen LogP contribution in [-0.2, 0) is 15.9 Å². The maximum Gasteiger partial charge on any atom is 0.407 e. The highest BCUT2D eigenvalue weighted by Crippen LogP contribution is 2.33. The van der Waals surface area contributed by atoms with Gasteiger partial charge in [0.25, 0.3) is 0 Å². The van der Waals surface area contributed by atoms with Gasteiger partial charge in [0.1, 0.15) is 23.6 Å². The molecule has 1 aromatic carbocycles. The molecule has 1 aliphatic rings. The van der Waals surface area contributed by atoms with E-state index in [1.165, 1.54) is 22.0 Å². The zero-order chi connectivity index (χ0) is 27.0. The first-order valence-corrected chi connectivity index (χ1v) is 12.0. The maximum atomic E-state index is 15.6. The van der Waals surface area contributed by atoms with Gasteiger partial charge in [-0.05, 0) is 43.7 Å². The summed E-state index contributed by atoms with van der Waals surface area (Å²) in [5.41, 5.74) is 1.83. The number of halogens is 2. The number of aryl methyl sites for hydroxylation is 1. The number of pyridine rings is 1. The predicted molar refractivity (Wildman–Crippen MR) is 131 cm³/mol.